The molecule has 1 aliphatic rings. The van der Waals surface area contributed by atoms with Crippen LogP contribution in [0.2, 0.25) is 0 Å². The topological polar surface area (TPSA) is 114 Å². The molecule has 21 heavy (non-hydrogen) atoms. The first-order valence-electron chi connectivity index (χ1n) is 6.87. The van der Waals surface area contributed by atoms with E-state index >= 15 is 0 Å². The molecule has 0 saturated carbocycles. The monoisotopic (exact) mass is 293 g/mol. The number of nitrogen functional groups attached to an aromatic ring is 1. The third-order valence-electron chi connectivity index (χ3n) is 3.53. The highest BCUT2D eigenvalue weighted by atomic mass is 16.6. The average Bonchev–Trinajstić information content (AvgIpc) is 2.99. The maximum absolute atomic E-state index is 12.1. The summed E-state index contributed by atoms with van der Waals surface area (Å²) in [6.45, 7) is 3.40. The number of hydrogen-bond donors (Lipinski definition) is 3. The molecule has 1 aliphatic heterocycles. The predicted octanol–water partition coefficient (Wildman–Crippen LogP) is 0.706. The minimum Gasteiger partial charge on any atom is -0.351 e. The molecule has 114 valence electrons. The van der Waals surface area contributed by atoms with E-state index in [9.17, 15) is 14.9 Å². The standard InChI is InChI=1S/C13H19N5O3/c14-16-12-4-3-10(18(20)21)9-11(12)13(19)15-5-8-17-6-1-2-7-17/h3-4,9,16H,1-2,5-8,14H2,(H,15,19). The number of nitrogens with zero attached hydrogens (tertiary/aromatic N) is 2. The van der Waals surface area contributed by atoms with E-state index in [1.54, 1.807) is 0 Å². The highest BCUT2D eigenvalue weighted by molar-refractivity contribution is 6.00. The van der Waals surface area contributed by atoms with Crippen molar-refractivity contribution in [3.63, 3.8) is 0 Å². The number of non-ortho nitro benzene ring substituents is 1. The number of amides is 1. The van der Waals surface area contributed by atoms with Crippen LogP contribution in [0.4, 0.5) is 11.4 Å². The minimum absolute atomic E-state index is 0.140. The van der Waals surface area contributed by atoms with E-state index in [4.69, 9.17) is 5.84 Å². The first-order valence-corrected chi connectivity index (χ1v) is 6.87. The first-order chi connectivity index (χ1) is 10.1. The molecule has 1 aromatic carbocycles. The van der Waals surface area contributed by atoms with Crippen molar-refractivity contribution in [3.8, 4) is 0 Å². The number of nitro groups is 1. The summed E-state index contributed by atoms with van der Waals surface area (Å²) in [5.74, 6) is 4.97. The molecule has 0 spiro atoms. The van der Waals surface area contributed by atoms with Gasteiger partial charge in [-0.1, -0.05) is 0 Å². The van der Waals surface area contributed by atoms with Crippen LogP contribution in [-0.4, -0.2) is 41.9 Å². The number of hydrazine groups is 1. The Hall–Kier alpha value is -2.19. The number of benzene rings is 1. The van der Waals surface area contributed by atoms with Crippen LogP contribution in [0.15, 0.2) is 18.2 Å². The molecule has 0 bridgehead atoms. The molecule has 0 aromatic heterocycles. The molecule has 0 radical (unpaired) electrons. The summed E-state index contributed by atoms with van der Waals surface area (Å²) in [6, 6.07) is 3.95. The van der Waals surface area contributed by atoms with Gasteiger partial charge < -0.3 is 15.6 Å². The third kappa shape index (κ3) is 3.89. The van der Waals surface area contributed by atoms with Gasteiger partial charge >= 0.3 is 0 Å². The molecular weight excluding hydrogens is 274 g/mol. The van der Waals surface area contributed by atoms with Gasteiger partial charge in [0.25, 0.3) is 11.6 Å². The molecule has 1 saturated heterocycles. The average molecular weight is 293 g/mol. The number of carbonyl (C=O) groups excluding carboxylic acids is 1. The Bertz CT molecular complexity index is 529. The summed E-state index contributed by atoms with van der Waals surface area (Å²) in [5, 5.41) is 13.5. The summed E-state index contributed by atoms with van der Waals surface area (Å²) in [5.41, 5.74) is 2.77. The fraction of sp³-hybridized carbons (Fsp3) is 0.462. The van der Waals surface area contributed by atoms with Gasteiger partial charge in [0.15, 0.2) is 0 Å². The molecule has 0 unspecified atom stereocenters. The molecule has 1 amide bonds. The summed E-state index contributed by atoms with van der Waals surface area (Å²) in [4.78, 5) is 24.6. The SMILES string of the molecule is NNc1ccc([N+](=O)[O-])cc1C(=O)NCCN1CCCC1. The summed E-state index contributed by atoms with van der Waals surface area (Å²) in [7, 11) is 0. The van der Waals surface area contributed by atoms with Crippen LogP contribution in [0.3, 0.4) is 0 Å². The number of rotatable bonds is 6. The molecule has 1 fully saturated rings. The lowest BCUT2D eigenvalue weighted by Crippen LogP contribution is -2.34. The highest BCUT2D eigenvalue weighted by Crippen LogP contribution is 2.21. The van der Waals surface area contributed by atoms with Gasteiger partial charge in [-0.2, -0.15) is 0 Å². The van der Waals surface area contributed by atoms with E-state index < -0.39 is 4.92 Å². The lowest BCUT2D eigenvalue weighted by molar-refractivity contribution is -0.384. The Kier molecular flexibility index (Phi) is 5.07. The Labute approximate surface area is 122 Å². The molecule has 8 heteroatoms. The van der Waals surface area contributed by atoms with Crippen LogP contribution in [0.1, 0.15) is 23.2 Å². The Morgan fingerprint density at radius 3 is 2.71 bits per heavy atom. The maximum atomic E-state index is 12.1. The Balaban J connectivity index is 1.99. The second kappa shape index (κ2) is 7.00. The van der Waals surface area contributed by atoms with Gasteiger partial charge in [-0.15, -0.1) is 0 Å². The van der Waals surface area contributed by atoms with Crippen molar-refractivity contribution in [1.29, 1.82) is 0 Å². The zero-order valence-electron chi connectivity index (χ0n) is 11.7. The Morgan fingerprint density at radius 1 is 1.38 bits per heavy atom. The molecule has 2 rings (SSSR count). The number of nitrogens with one attached hydrogen (secondary N) is 2. The van der Waals surface area contributed by atoms with E-state index in [1.165, 1.54) is 31.0 Å². The number of hydrogen-bond acceptors (Lipinski definition) is 6. The van der Waals surface area contributed by atoms with Crippen LogP contribution in [-0.2, 0) is 0 Å². The summed E-state index contributed by atoms with van der Waals surface area (Å²) >= 11 is 0. The lowest BCUT2D eigenvalue weighted by atomic mass is 10.1. The molecule has 1 heterocycles. The molecule has 0 aliphatic carbocycles. The third-order valence-corrected chi connectivity index (χ3v) is 3.53. The van der Waals surface area contributed by atoms with Crippen molar-refractivity contribution in [2.75, 3.05) is 31.6 Å². The van der Waals surface area contributed by atoms with E-state index in [0.29, 0.717) is 12.2 Å². The van der Waals surface area contributed by atoms with Gasteiger partial charge in [-0.3, -0.25) is 20.8 Å². The van der Waals surface area contributed by atoms with Crippen LogP contribution in [0, 0.1) is 10.1 Å². The normalized spacial score (nSPS) is 14.9. The van der Waals surface area contributed by atoms with Crippen molar-refractivity contribution in [2.24, 2.45) is 5.84 Å². The largest absolute Gasteiger partial charge is 0.351 e. The molecule has 0 atom stereocenters. The van der Waals surface area contributed by atoms with Crippen LogP contribution < -0.4 is 16.6 Å². The molecule has 1 aromatic rings. The van der Waals surface area contributed by atoms with Gasteiger partial charge in [-0.25, -0.2) is 0 Å². The van der Waals surface area contributed by atoms with Crippen molar-refractivity contribution < 1.29 is 9.72 Å². The van der Waals surface area contributed by atoms with Gasteiger partial charge in [0.05, 0.1) is 16.2 Å². The summed E-state index contributed by atoms with van der Waals surface area (Å²) in [6.07, 6.45) is 2.39. The number of anilines is 1. The molecular formula is C13H19N5O3. The van der Waals surface area contributed by atoms with Crippen LogP contribution in [0.25, 0.3) is 0 Å². The molecule has 8 nitrogen and oxygen atoms in total. The van der Waals surface area contributed by atoms with E-state index in [-0.39, 0.29) is 17.2 Å². The van der Waals surface area contributed by atoms with Crippen molar-refractivity contribution >= 4 is 17.3 Å². The van der Waals surface area contributed by atoms with Crippen LogP contribution in [0.5, 0.6) is 0 Å². The van der Waals surface area contributed by atoms with E-state index in [2.05, 4.69) is 15.6 Å². The zero-order valence-corrected chi connectivity index (χ0v) is 11.7. The Morgan fingerprint density at radius 2 is 2.10 bits per heavy atom. The smallest absolute Gasteiger partial charge is 0.270 e. The first kappa shape index (κ1) is 15.2. The lowest BCUT2D eigenvalue weighted by Gasteiger charge is -2.15. The van der Waals surface area contributed by atoms with Crippen LogP contribution >= 0.6 is 0 Å². The van der Waals surface area contributed by atoms with Crippen molar-refractivity contribution in [1.82, 2.24) is 10.2 Å². The summed E-state index contributed by atoms with van der Waals surface area (Å²) < 4.78 is 0. The molecule has 4 N–H and O–H groups in total. The van der Waals surface area contributed by atoms with Crippen molar-refractivity contribution in [2.45, 2.75) is 12.8 Å². The number of likely N-dealkylation sites (tertiary alicyclic amines) is 1. The second-order valence-electron chi connectivity index (χ2n) is 4.94. The zero-order chi connectivity index (χ0) is 15.2. The number of nitro benzene ring substituents is 1. The second-order valence-corrected chi connectivity index (χ2v) is 4.94. The highest BCUT2D eigenvalue weighted by Gasteiger charge is 2.17. The maximum Gasteiger partial charge on any atom is 0.270 e. The quantitative estimate of drug-likeness (QED) is 0.404. The fourth-order valence-electron chi connectivity index (χ4n) is 2.39. The van der Waals surface area contributed by atoms with Crippen molar-refractivity contribution in [3.05, 3.63) is 33.9 Å². The van der Waals surface area contributed by atoms with Gasteiger partial charge in [0, 0.05) is 25.2 Å². The minimum atomic E-state index is -0.540. The van der Waals surface area contributed by atoms with E-state index in [0.717, 1.165) is 19.6 Å². The van der Waals surface area contributed by atoms with Gasteiger partial charge in [0.1, 0.15) is 0 Å². The van der Waals surface area contributed by atoms with Gasteiger partial charge in [0.2, 0.25) is 0 Å². The number of nitrogens with two attached hydrogens (primary N) is 1. The predicted molar refractivity (Wildman–Crippen MR) is 78.9 cm³/mol. The fourth-order valence-corrected chi connectivity index (χ4v) is 2.39. The van der Waals surface area contributed by atoms with Gasteiger partial charge in [-0.05, 0) is 32.0 Å². The van der Waals surface area contributed by atoms with E-state index in [1.807, 2.05) is 0 Å². The number of carbonyl (C=O) groups is 1.